The van der Waals surface area contributed by atoms with Crippen LogP contribution in [0.1, 0.15) is 93.4 Å². The third-order valence-corrected chi connectivity index (χ3v) is 7.38. The summed E-state index contributed by atoms with van der Waals surface area (Å²) >= 11 is 0. The van der Waals surface area contributed by atoms with Gasteiger partial charge in [0.05, 0.1) is 12.8 Å². The summed E-state index contributed by atoms with van der Waals surface area (Å²) in [6.45, 7) is 13.2. The van der Waals surface area contributed by atoms with E-state index in [1.54, 1.807) is 34.6 Å². The van der Waals surface area contributed by atoms with Crippen LogP contribution in [-0.4, -0.2) is 100 Å². The lowest BCUT2D eigenvalue weighted by molar-refractivity contribution is -0.144. The molecule has 0 aliphatic carbocycles. The monoisotopic (exact) mass is 641 g/mol. The predicted molar refractivity (Wildman–Crippen MR) is 163 cm³/mol. The second kappa shape index (κ2) is 18.2. The minimum absolute atomic E-state index is 0.0543. The van der Waals surface area contributed by atoms with Gasteiger partial charge in [-0.3, -0.25) is 24.0 Å². The summed E-state index contributed by atoms with van der Waals surface area (Å²) in [4.78, 5) is 90.6. The van der Waals surface area contributed by atoms with Gasteiger partial charge in [0.2, 0.25) is 23.6 Å². The average Bonchev–Trinajstić information content (AvgIpc) is 3.47. The molecule has 0 saturated carbocycles. The maximum Gasteiger partial charge on any atom is 0.408 e. The molecule has 256 valence electrons. The summed E-state index contributed by atoms with van der Waals surface area (Å²) in [5.74, 6) is -6.22. The molecule has 0 spiro atoms. The van der Waals surface area contributed by atoms with Gasteiger partial charge in [-0.1, -0.05) is 48.5 Å². The second-order valence-electron chi connectivity index (χ2n) is 12.8. The number of amides is 5. The zero-order chi connectivity index (χ0) is 34.5. The highest BCUT2D eigenvalue weighted by atomic mass is 16.6. The first-order valence-corrected chi connectivity index (χ1v) is 15.5. The van der Waals surface area contributed by atoms with Gasteiger partial charge in [0, 0.05) is 13.1 Å². The SMILES string of the molecule is CCC(CC)OC(=O)N[C@H](C(=O)N[C@@H](CC(=O)N1CCCC1)C(=O)N[C@@H](CC(=O)O)C(=O)N[C@@H](CC(C)C)C(=O)O)C(C)(C)C. The van der Waals surface area contributed by atoms with Crippen LogP contribution in [0.5, 0.6) is 0 Å². The van der Waals surface area contributed by atoms with E-state index in [0.29, 0.717) is 25.9 Å². The van der Waals surface area contributed by atoms with Crippen LogP contribution in [0.3, 0.4) is 0 Å². The number of alkyl carbamates (subject to hydrolysis) is 1. The van der Waals surface area contributed by atoms with Crippen molar-refractivity contribution in [2.24, 2.45) is 11.3 Å². The van der Waals surface area contributed by atoms with Crippen LogP contribution in [0.25, 0.3) is 0 Å². The Morgan fingerprint density at radius 3 is 1.69 bits per heavy atom. The third kappa shape index (κ3) is 13.7. The summed E-state index contributed by atoms with van der Waals surface area (Å²) < 4.78 is 5.39. The molecule has 0 radical (unpaired) electrons. The molecule has 6 N–H and O–H groups in total. The molecule has 0 aromatic carbocycles. The fourth-order valence-electron chi connectivity index (χ4n) is 4.79. The summed E-state index contributed by atoms with van der Waals surface area (Å²) in [7, 11) is 0. The molecule has 15 nitrogen and oxygen atoms in total. The highest BCUT2D eigenvalue weighted by Crippen LogP contribution is 2.21. The van der Waals surface area contributed by atoms with Crippen molar-refractivity contribution >= 4 is 41.7 Å². The first-order valence-electron chi connectivity index (χ1n) is 15.5. The average molecular weight is 642 g/mol. The number of likely N-dealkylation sites (tertiary alicyclic amines) is 1. The van der Waals surface area contributed by atoms with Crippen molar-refractivity contribution in [3.63, 3.8) is 0 Å². The van der Waals surface area contributed by atoms with Gasteiger partial charge in [0.25, 0.3) is 0 Å². The number of hydrogen-bond acceptors (Lipinski definition) is 8. The molecule has 1 fully saturated rings. The van der Waals surface area contributed by atoms with Gasteiger partial charge in [0.15, 0.2) is 0 Å². The Kier molecular flexibility index (Phi) is 15.8. The summed E-state index contributed by atoms with van der Waals surface area (Å²) in [5, 5.41) is 28.5. The van der Waals surface area contributed by atoms with E-state index in [4.69, 9.17) is 4.74 Å². The van der Waals surface area contributed by atoms with Crippen LogP contribution in [0.2, 0.25) is 0 Å². The highest BCUT2D eigenvalue weighted by Gasteiger charge is 2.38. The van der Waals surface area contributed by atoms with E-state index in [1.807, 2.05) is 13.8 Å². The zero-order valence-electron chi connectivity index (χ0n) is 27.4. The molecular formula is C30H51N5O10. The lowest BCUT2D eigenvalue weighted by Crippen LogP contribution is -2.60. The summed E-state index contributed by atoms with van der Waals surface area (Å²) in [5.41, 5.74) is -0.870. The molecular weight excluding hydrogens is 590 g/mol. The molecule has 1 heterocycles. The number of aliphatic carboxylic acids is 2. The molecule has 0 aromatic rings. The van der Waals surface area contributed by atoms with Gasteiger partial charge in [-0.25, -0.2) is 9.59 Å². The minimum Gasteiger partial charge on any atom is -0.481 e. The van der Waals surface area contributed by atoms with Gasteiger partial charge >= 0.3 is 18.0 Å². The fraction of sp³-hybridized carbons (Fsp3) is 0.767. The van der Waals surface area contributed by atoms with Gasteiger partial charge in [0.1, 0.15) is 30.3 Å². The van der Waals surface area contributed by atoms with Gasteiger partial charge in [-0.15, -0.1) is 0 Å². The van der Waals surface area contributed by atoms with Crippen LogP contribution in [0, 0.1) is 11.3 Å². The Morgan fingerprint density at radius 2 is 1.24 bits per heavy atom. The number of nitrogens with one attached hydrogen (secondary N) is 4. The van der Waals surface area contributed by atoms with Crippen LogP contribution in [0.15, 0.2) is 0 Å². The summed E-state index contributed by atoms with van der Waals surface area (Å²) in [6, 6.07) is -5.81. The van der Waals surface area contributed by atoms with Crippen LogP contribution in [-0.2, 0) is 33.5 Å². The fourth-order valence-corrected chi connectivity index (χ4v) is 4.79. The van der Waals surface area contributed by atoms with Crippen LogP contribution >= 0.6 is 0 Å². The molecule has 0 aromatic heterocycles. The number of nitrogens with zero attached hydrogens (tertiary/aromatic N) is 1. The molecule has 1 rings (SSSR count). The van der Waals surface area contributed by atoms with Crippen LogP contribution in [0.4, 0.5) is 4.79 Å². The largest absolute Gasteiger partial charge is 0.481 e. The van der Waals surface area contributed by atoms with Gasteiger partial charge in [-0.05, 0) is 43.4 Å². The topological polar surface area (TPSA) is 221 Å². The Bertz CT molecular complexity index is 1060. The number of rotatable bonds is 17. The van der Waals surface area contributed by atoms with Crippen molar-refractivity contribution in [3.05, 3.63) is 0 Å². The van der Waals surface area contributed by atoms with Crippen molar-refractivity contribution in [2.75, 3.05) is 13.1 Å². The second-order valence-corrected chi connectivity index (χ2v) is 12.8. The van der Waals surface area contributed by atoms with Crippen LogP contribution < -0.4 is 21.3 Å². The van der Waals surface area contributed by atoms with Gasteiger partial charge in [-0.2, -0.15) is 0 Å². The first kappa shape index (κ1) is 39.1. The van der Waals surface area contributed by atoms with E-state index >= 15 is 0 Å². The van der Waals surface area contributed by atoms with Crippen molar-refractivity contribution in [2.45, 2.75) is 124 Å². The molecule has 5 amide bonds. The number of hydrogen-bond donors (Lipinski definition) is 6. The van der Waals surface area contributed by atoms with E-state index < -0.39 is 84.1 Å². The zero-order valence-corrected chi connectivity index (χ0v) is 27.4. The van der Waals surface area contributed by atoms with Crippen molar-refractivity contribution in [3.8, 4) is 0 Å². The minimum atomic E-state index is -1.71. The first-order chi connectivity index (χ1) is 20.9. The summed E-state index contributed by atoms with van der Waals surface area (Å²) in [6.07, 6.45) is 0.124. The highest BCUT2D eigenvalue weighted by molar-refractivity contribution is 5.98. The number of carbonyl (C=O) groups is 7. The maximum absolute atomic E-state index is 13.6. The molecule has 4 atom stereocenters. The Morgan fingerprint density at radius 1 is 0.756 bits per heavy atom. The molecule has 45 heavy (non-hydrogen) atoms. The molecule has 0 unspecified atom stereocenters. The van der Waals surface area contributed by atoms with Gasteiger partial charge < -0.3 is 41.1 Å². The lowest BCUT2D eigenvalue weighted by Gasteiger charge is -2.32. The van der Waals surface area contributed by atoms with Crippen molar-refractivity contribution < 1.29 is 48.5 Å². The van der Waals surface area contributed by atoms with Crippen molar-refractivity contribution in [1.82, 2.24) is 26.2 Å². The standard InChI is InChI=1S/C30H51N5O10/c1-8-18(9-2)45-29(44)34-24(30(5,6)7)27(41)32-19(15-22(36)35-12-10-11-13-35)25(39)31-20(16-23(37)38)26(40)33-21(28(42)43)14-17(3)4/h17-21,24H,8-16H2,1-7H3,(H,31,39)(H,32,41)(H,33,40)(H,34,44)(H,37,38)(H,42,43)/t19-,20-,21-,24+/m0/s1. The smallest absolute Gasteiger partial charge is 0.408 e. The number of carbonyl (C=O) groups excluding carboxylic acids is 5. The molecule has 0 bridgehead atoms. The van der Waals surface area contributed by atoms with Crippen molar-refractivity contribution in [1.29, 1.82) is 0 Å². The predicted octanol–water partition coefficient (Wildman–Crippen LogP) is 1.39. The van der Waals surface area contributed by atoms with E-state index in [2.05, 4.69) is 21.3 Å². The molecule has 1 aliphatic heterocycles. The van der Waals surface area contributed by atoms with E-state index in [1.165, 1.54) is 4.90 Å². The number of ether oxygens (including phenoxy) is 1. The van der Waals surface area contributed by atoms with E-state index in [-0.39, 0.29) is 18.4 Å². The van der Waals surface area contributed by atoms with E-state index in [0.717, 1.165) is 12.8 Å². The normalized spacial score (nSPS) is 15.9. The quantitative estimate of drug-likeness (QED) is 0.134. The third-order valence-electron chi connectivity index (χ3n) is 7.38. The lowest BCUT2D eigenvalue weighted by atomic mass is 9.86. The molecule has 15 heteroatoms. The maximum atomic E-state index is 13.6. The van der Waals surface area contributed by atoms with E-state index in [9.17, 15) is 43.8 Å². The molecule has 1 aliphatic rings. The Hall–Kier alpha value is -3.91. The number of carboxylic acid groups (broad SMARTS) is 2. The Labute approximate surface area is 264 Å². The molecule has 1 saturated heterocycles. The Balaban J connectivity index is 3.29. The number of carboxylic acids is 2.